The van der Waals surface area contributed by atoms with Crippen LogP contribution in [0.2, 0.25) is 0 Å². The van der Waals surface area contributed by atoms with Crippen LogP contribution in [-0.2, 0) is 0 Å². The van der Waals surface area contributed by atoms with Crippen LogP contribution in [-0.4, -0.2) is 9.97 Å². The lowest BCUT2D eigenvalue weighted by molar-refractivity contribution is 0.593. The van der Waals surface area contributed by atoms with E-state index in [1.165, 1.54) is 6.33 Å². The van der Waals surface area contributed by atoms with Gasteiger partial charge in [0, 0.05) is 0 Å². The smallest absolute Gasteiger partial charge is 0.223 e. The number of halogens is 1. The molecule has 54 valence electrons. The normalized spacial score (nSPS) is 10.3. The van der Waals surface area contributed by atoms with Gasteiger partial charge in [0.05, 0.1) is 10.9 Å². The molecule has 0 aliphatic heterocycles. The van der Waals surface area contributed by atoms with Crippen LogP contribution in [0, 0.1) is 5.95 Å². The average molecular weight is 148 g/mol. The topological polar surface area (TPSA) is 25.8 Å². The quantitative estimate of drug-likeness (QED) is 0.532. The van der Waals surface area contributed by atoms with Crippen LogP contribution >= 0.6 is 0 Å². The van der Waals surface area contributed by atoms with Crippen molar-refractivity contribution in [2.45, 2.75) is 0 Å². The minimum absolute atomic E-state index is 0.462. The summed E-state index contributed by atoms with van der Waals surface area (Å²) < 4.78 is 12.8. The third kappa shape index (κ3) is 0.941. The zero-order valence-corrected chi connectivity index (χ0v) is 5.66. The molecule has 0 radical (unpaired) electrons. The van der Waals surface area contributed by atoms with E-state index in [1.807, 2.05) is 6.07 Å². The van der Waals surface area contributed by atoms with Gasteiger partial charge in [-0.3, -0.25) is 0 Å². The number of rotatable bonds is 0. The van der Waals surface area contributed by atoms with Crippen LogP contribution in [0.1, 0.15) is 0 Å². The van der Waals surface area contributed by atoms with Crippen molar-refractivity contribution >= 4 is 10.9 Å². The Balaban J connectivity index is 2.91. The highest BCUT2D eigenvalue weighted by Gasteiger charge is 1.98. The maximum atomic E-state index is 12.8. The fourth-order valence-corrected chi connectivity index (χ4v) is 0.972. The number of para-hydroxylation sites is 1. The van der Waals surface area contributed by atoms with Crippen LogP contribution in [0.4, 0.5) is 4.39 Å². The first kappa shape index (κ1) is 6.22. The third-order valence-electron chi connectivity index (χ3n) is 1.49. The highest BCUT2D eigenvalue weighted by atomic mass is 19.1. The minimum Gasteiger partial charge on any atom is -0.236 e. The minimum atomic E-state index is -0.462. The van der Waals surface area contributed by atoms with E-state index < -0.39 is 5.95 Å². The van der Waals surface area contributed by atoms with Crippen molar-refractivity contribution in [2.75, 3.05) is 0 Å². The lowest BCUT2D eigenvalue weighted by Crippen LogP contribution is -1.86. The third-order valence-corrected chi connectivity index (χ3v) is 1.49. The van der Waals surface area contributed by atoms with Gasteiger partial charge in [-0.05, 0) is 12.1 Å². The molecule has 0 bridgehead atoms. The van der Waals surface area contributed by atoms with E-state index in [9.17, 15) is 4.39 Å². The summed E-state index contributed by atoms with van der Waals surface area (Å²) in [4.78, 5) is 7.32. The van der Waals surface area contributed by atoms with Crippen molar-refractivity contribution in [3.8, 4) is 0 Å². The molecule has 11 heavy (non-hydrogen) atoms. The first-order chi connectivity index (χ1) is 5.38. The summed E-state index contributed by atoms with van der Waals surface area (Å²) in [5, 5.41) is 0.468. The molecule has 2 aromatic rings. The van der Waals surface area contributed by atoms with E-state index in [4.69, 9.17) is 0 Å². The maximum Gasteiger partial charge on any atom is 0.223 e. The van der Waals surface area contributed by atoms with Crippen LogP contribution in [0.5, 0.6) is 0 Å². The number of hydrogen-bond donors (Lipinski definition) is 0. The molecular formula is C8H5FN2. The van der Waals surface area contributed by atoms with Gasteiger partial charge in [0.2, 0.25) is 5.95 Å². The number of fused-ring (bicyclic) bond motifs is 1. The second-order valence-electron chi connectivity index (χ2n) is 2.18. The van der Waals surface area contributed by atoms with E-state index in [0.717, 1.165) is 0 Å². The van der Waals surface area contributed by atoms with Crippen LogP contribution in [0.25, 0.3) is 10.9 Å². The zero-order chi connectivity index (χ0) is 7.68. The number of benzene rings is 1. The summed E-state index contributed by atoms with van der Waals surface area (Å²) in [5.41, 5.74) is 0.639. The summed E-state index contributed by atoms with van der Waals surface area (Å²) >= 11 is 0. The molecule has 0 spiro atoms. The molecule has 0 unspecified atom stereocenters. The van der Waals surface area contributed by atoms with Crippen molar-refractivity contribution in [1.82, 2.24) is 9.97 Å². The predicted octanol–water partition coefficient (Wildman–Crippen LogP) is 1.77. The van der Waals surface area contributed by atoms with Gasteiger partial charge in [-0.2, -0.15) is 4.39 Å². The second kappa shape index (κ2) is 2.27. The molecule has 0 atom stereocenters. The maximum absolute atomic E-state index is 12.8. The monoisotopic (exact) mass is 148 g/mol. The van der Waals surface area contributed by atoms with Gasteiger partial charge >= 0.3 is 0 Å². The first-order valence-electron chi connectivity index (χ1n) is 3.23. The summed E-state index contributed by atoms with van der Waals surface area (Å²) in [5.74, 6) is -0.462. The molecule has 2 rings (SSSR count). The van der Waals surface area contributed by atoms with Gasteiger partial charge in [-0.15, -0.1) is 0 Å². The largest absolute Gasteiger partial charge is 0.236 e. The van der Waals surface area contributed by atoms with Gasteiger partial charge in [-0.25, -0.2) is 9.97 Å². The number of aromatic nitrogens is 2. The summed E-state index contributed by atoms with van der Waals surface area (Å²) in [6, 6.07) is 6.98. The van der Waals surface area contributed by atoms with E-state index in [2.05, 4.69) is 9.97 Å². The number of nitrogens with zero attached hydrogens (tertiary/aromatic N) is 2. The van der Waals surface area contributed by atoms with E-state index in [-0.39, 0.29) is 0 Å². The van der Waals surface area contributed by atoms with Crippen molar-refractivity contribution in [3.63, 3.8) is 0 Å². The summed E-state index contributed by atoms with van der Waals surface area (Å²) in [6.07, 6.45) is 1.22. The van der Waals surface area contributed by atoms with Gasteiger partial charge in [-0.1, -0.05) is 12.1 Å². The zero-order valence-electron chi connectivity index (χ0n) is 5.66. The molecule has 0 saturated carbocycles. The molecule has 0 amide bonds. The van der Waals surface area contributed by atoms with Crippen molar-refractivity contribution < 1.29 is 4.39 Å². The molecule has 0 aliphatic carbocycles. The van der Waals surface area contributed by atoms with Gasteiger partial charge < -0.3 is 0 Å². The lowest BCUT2D eigenvalue weighted by atomic mass is 10.2. The van der Waals surface area contributed by atoms with Gasteiger partial charge in [0.25, 0.3) is 0 Å². The molecule has 3 heteroatoms. The predicted molar refractivity (Wildman–Crippen MR) is 39.5 cm³/mol. The Morgan fingerprint density at radius 3 is 2.73 bits per heavy atom. The Morgan fingerprint density at radius 1 is 1.09 bits per heavy atom. The molecular weight excluding hydrogens is 143 g/mol. The van der Waals surface area contributed by atoms with E-state index in [0.29, 0.717) is 10.9 Å². The molecule has 0 N–H and O–H groups in total. The number of hydrogen-bond acceptors (Lipinski definition) is 2. The Kier molecular flexibility index (Phi) is 1.28. The second-order valence-corrected chi connectivity index (χ2v) is 2.18. The molecule has 1 heterocycles. The van der Waals surface area contributed by atoms with Crippen molar-refractivity contribution in [1.29, 1.82) is 0 Å². The highest BCUT2D eigenvalue weighted by molar-refractivity contribution is 5.77. The molecule has 0 fully saturated rings. The standard InChI is InChI=1S/C8H5FN2/c9-8-6-3-1-2-4-7(6)10-5-11-8/h1-5H. The fraction of sp³-hybridized carbons (Fsp3) is 0. The van der Waals surface area contributed by atoms with Crippen molar-refractivity contribution in [3.05, 3.63) is 36.5 Å². The van der Waals surface area contributed by atoms with Crippen LogP contribution < -0.4 is 0 Å². The fourth-order valence-electron chi connectivity index (χ4n) is 0.972. The molecule has 0 saturated heterocycles. The van der Waals surface area contributed by atoms with Crippen LogP contribution in [0.15, 0.2) is 30.6 Å². The summed E-state index contributed by atoms with van der Waals surface area (Å²) in [6.45, 7) is 0. The molecule has 1 aromatic heterocycles. The Morgan fingerprint density at radius 2 is 1.91 bits per heavy atom. The highest BCUT2D eigenvalue weighted by Crippen LogP contribution is 2.11. The van der Waals surface area contributed by atoms with Crippen molar-refractivity contribution in [2.24, 2.45) is 0 Å². The van der Waals surface area contributed by atoms with Gasteiger partial charge in [0.1, 0.15) is 6.33 Å². The SMILES string of the molecule is Fc1ncnc2ccccc12. The molecule has 2 nitrogen and oxygen atoms in total. The van der Waals surface area contributed by atoms with E-state index in [1.54, 1.807) is 18.2 Å². The Hall–Kier alpha value is -1.51. The average Bonchev–Trinajstić information content (AvgIpc) is 2.06. The Bertz CT molecular complexity index is 381. The van der Waals surface area contributed by atoms with Crippen LogP contribution in [0.3, 0.4) is 0 Å². The van der Waals surface area contributed by atoms with E-state index >= 15 is 0 Å². The molecule has 1 aromatic carbocycles. The summed E-state index contributed by atoms with van der Waals surface area (Å²) in [7, 11) is 0. The lowest BCUT2D eigenvalue weighted by Gasteiger charge is -1.94. The first-order valence-corrected chi connectivity index (χ1v) is 3.23. The van der Waals surface area contributed by atoms with Gasteiger partial charge in [0.15, 0.2) is 0 Å². The Labute approximate surface area is 62.7 Å². The molecule has 0 aliphatic rings.